The van der Waals surface area contributed by atoms with Crippen LogP contribution in [0.2, 0.25) is 0 Å². The molecule has 0 fully saturated rings. The summed E-state index contributed by atoms with van der Waals surface area (Å²) >= 11 is 0. The molecule has 12 rings (SSSR count). The Labute approximate surface area is 439 Å². The molecule has 366 valence electrons. The molecule has 0 bridgehead atoms. The van der Waals surface area contributed by atoms with Gasteiger partial charge < -0.3 is 14.2 Å². The summed E-state index contributed by atoms with van der Waals surface area (Å²) in [5, 5.41) is 2.28. The van der Waals surface area contributed by atoms with E-state index < -0.39 is 0 Å². The monoisotopic (exact) mass is 963 g/mol. The van der Waals surface area contributed by atoms with Gasteiger partial charge in [0, 0.05) is 50.3 Å². The minimum atomic E-state index is -0.164. The number of rotatable bonds is 5. The summed E-state index contributed by atoms with van der Waals surface area (Å²) in [5.41, 5.74) is 25.0. The van der Waals surface area contributed by atoms with Gasteiger partial charge in [-0.05, 0) is 137 Å². The van der Waals surface area contributed by atoms with E-state index in [1.54, 1.807) is 0 Å². The fourth-order valence-electron chi connectivity index (χ4n) is 11.6. The van der Waals surface area contributed by atoms with E-state index in [1.165, 1.54) is 83.6 Å². The maximum atomic E-state index is 6.57. The van der Waals surface area contributed by atoms with Crippen LogP contribution in [0.25, 0.3) is 55.3 Å². The van der Waals surface area contributed by atoms with Gasteiger partial charge in [0.2, 0.25) is 0 Å². The third-order valence-electron chi connectivity index (χ3n) is 15.9. The summed E-state index contributed by atoms with van der Waals surface area (Å²) in [6.45, 7) is 27.9. The molecule has 0 atom stereocenters. The highest BCUT2D eigenvalue weighted by atomic mass is 16.3. The molecule has 9 aromatic carbocycles. The Kier molecular flexibility index (Phi) is 10.9. The van der Waals surface area contributed by atoms with E-state index in [9.17, 15) is 0 Å². The predicted octanol–water partition coefficient (Wildman–Crippen LogP) is 17.9. The van der Waals surface area contributed by atoms with E-state index in [1.807, 2.05) is 6.07 Å². The van der Waals surface area contributed by atoms with Gasteiger partial charge in [-0.2, -0.15) is 0 Å². The second-order valence-corrected chi connectivity index (χ2v) is 25.1. The first-order chi connectivity index (χ1) is 35.2. The molecule has 0 saturated carbocycles. The molecule has 3 nitrogen and oxygen atoms in total. The number of hydrogen-bond donors (Lipinski definition) is 0. The average Bonchev–Trinajstić information content (AvgIpc) is 3.80. The number of furan rings is 1. The molecule has 0 unspecified atom stereocenters. The van der Waals surface area contributed by atoms with Crippen molar-refractivity contribution < 1.29 is 4.42 Å². The third-order valence-corrected chi connectivity index (χ3v) is 15.9. The van der Waals surface area contributed by atoms with E-state index in [2.05, 4.69) is 275 Å². The van der Waals surface area contributed by atoms with Crippen molar-refractivity contribution in [3.8, 4) is 33.4 Å². The molecule has 0 aliphatic carbocycles. The largest absolute Gasteiger partial charge is 0.455 e. The van der Waals surface area contributed by atoms with Crippen LogP contribution < -0.4 is 26.2 Å². The fraction of sp³-hybridized carbons (Fsp3) is 0.229. The lowest BCUT2D eigenvalue weighted by Crippen LogP contribution is -2.61. The van der Waals surface area contributed by atoms with E-state index >= 15 is 0 Å². The van der Waals surface area contributed by atoms with Gasteiger partial charge in [-0.1, -0.05) is 217 Å². The van der Waals surface area contributed by atoms with Crippen LogP contribution >= 0.6 is 0 Å². The first kappa shape index (κ1) is 47.4. The summed E-state index contributed by atoms with van der Waals surface area (Å²) in [4.78, 5) is 5.20. The molecule has 0 N–H and O–H groups in total. The van der Waals surface area contributed by atoms with E-state index in [0.29, 0.717) is 0 Å². The van der Waals surface area contributed by atoms with Crippen LogP contribution in [0.15, 0.2) is 192 Å². The van der Waals surface area contributed by atoms with E-state index in [-0.39, 0.29) is 28.4 Å². The Bertz CT molecular complexity index is 3810. The van der Waals surface area contributed by atoms with E-state index in [4.69, 9.17) is 4.42 Å². The van der Waals surface area contributed by atoms with Gasteiger partial charge in [-0.3, -0.25) is 0 Å². The average molecular weight is 963 g/mol. The minimum Gasteiger partial charge on any atom is -0.455 e. The minimum absolute atomic E-state index is 0.0198. The summed E-state index contributed by atoms with van der Waals surface area (Å²) in [6.07, 6.45) is 0. The first-order valence-corrected chi connectivity index (χ1v) is 26.6. The molecule has 0 saturated heterocycles. The zero-order valence-electron chi connectivity index (χ0n) is 45.3. The molecule has 2 aliphatic heterocycles. The van der Waals surface area contributed by atoms with Crippen molar-refractivity contribution in [2.75, 3.05) is 9.80 Å². The summed E-state index contributed by atoms with van der Waals surface area (Å²) < 4.78 is 6.57. The topological polar surface area (TPSA) is 19.6 Å². The highest BCUT2D eigenvalue weighted by Crippen LogP contribution is 2.50. The third kappa shape index (κ3) is 7.97. The van der Waals surface area contributed by atoms with E-state index in [0.717, 1.165) is 44.4 Å². The summed E-state index contributed by atoms with van der Waals surface area (Å²) in [6, 6.07) is 71.2. The molecule has 0 radical (unpaired) electrons. The van der Waals surface area contributed by atoms with Gasteiger partial charge >= 0.3 is 0 Å². The van der Waals surface area contributed by atoms with Gasteiger partial charge in [-0.15, -0.1) is 0 Å². The lowest BCUT2D eigenvalue weighted by Gasteiger charge is -2.46. The molecule has 74 heavy (non-hydrogen) atoms. The standard InChI is InChI=1S/C70H67BN2O/c1-67(2,3)48-30-25-44(26-31-48)47-29-37-59(56(39-47)45-19-14-13-15-20-45)73-61-41-50(69(7,8)9)32-36-57(61)71-58-40-49(68(4,5)6)33-38-60(58)72(62-42-51(70(10,11)12)43-63(73)65(62)71)52-34-27-46(28-35-52)53-22-18-23-55-54-21-16-17-24-64(54)74-66(53)55/h13-43H,1-12H3. The first-order valence-electron chi connectivity index (χ1n) is 26.6. The molecule has 1 aromatic heterocycles. The van der Waals surface area contributed by atoms with Crippen molar-refractivity contribution in [2.24, 2.45) is 0 Å². The lowest BCUT2D eigenvalue weighted by atomic mass is 9.33. The van der Waals surface area contributed by atoms with Gasteiger partial charge in [0.1, 0.15) is 11.2 Å². The Morgan fingerprint density at radius 3 is 1.57 bits per heavy atom. The summed E-state index contributed by atoms with van der Waals surface area (Å²) in [7, 11) is 0. The molecule has 10 aromatic rings. The van der Waals surface area contributed by atoms with Crippen LogP contribution in [0.1, 0.15) is 105 Å². The lowest BCUT2D eigenvalue weighted by molar-refractivity contribution is 0.589. The molecule has 0 amide bonds. The zero-order chi connectivity index (χ0) is 51.6. The van der Waals surface area contributed by atoms with Gasteiger partial charge in [-0.25, -0.2) is 0 Å². The van der Waals surface area contributed by atoms with Crippen LogP contribution in [0.4, 0.5) is 34.1 Å². The second kappa shape index (κ2) is 17.0. The number of nitrogens with zero attached hydrogens (tertiary/aromatic N) is 2. The predicted molar refractivity (Wildman–Crippen MR) is 319 cm³/mol. The number of para-hydroxylation sites is 2. The van der Waals surface area contributed by atoms with Crippen molar-refractivity contribution in [1.29, 1.82) is 0 Å². The number of fused-ring (bicyclic) bond motifs is 7. The van der Waals surface area contributed by atoms with Crippen molar-refractivity contribution in [2.45, 2.75) is 105 Å². The normalized spacial score (nSPS) is 13.6. The fourth-order valence-corrected chi connectivity index (χ4v) is 11.6. The second-order valence-electron chi connectivity index (χ2n) is 25.1. The molecule has 4 heteroatoms. The van der Waals surface area contributed by atoms with Crippen LogP contribution in [-0.2, 0) is 21.7 Å². The number of benzene rings is 9. The van der Waals surface area contributed by atoms with Crippen molar-refractivity contribution in [3.05, 3.63) is 210 Å². The Balaban J connectivity index is 1.13. The molecular weight excluding hydrogens is 896 g/mol. The maximum absolute atomic E-state index is 6.57. The van der Waals surface area contributed by atoms with Crippen LogP contribution in [0.3, 0.4) is 0 Å². The van der Waals surface area contributed by atoms with Gasteiger partial charge in [0.05, 0.1) is 5.69 Å². The van der Waals surface area contributed by atoms with Gasteiger partial charge in [0.15, 0.2) is 0 Å². The van der Waals surface area contributed by atoms with Crippen LogP contribution in [0, 0.1) is 0 Å². The Morgan fingerprint density at radius 1 is 0.338 bits per heavy atom. The number of hydrogen-bond acceptors (Lipinski definition) is 3. The quantitative estimate of drug-likeness (QED) is 0.160. The van der Waals surface area contributed by atoms with Crippen molar-refractivity contribution in [1.82, 2.24) is 0 Å². The summed E-state index contributed by atoms with van der Waals surface area (Å²) in [5.74, 6) is 0. The smallest absolute Gasteiger partial charge is 0.252 e. The van der Waals surface area contributed by atoms with Crippen molar-refractivity contribution >= 4 is 79.2 Å². The highest BCUT2D eigenvalue weighted by molar-refractivity contribution is 7.00. The molecular formula is C70H67BN2O. The van der Waals surface area contributed by atoms with Gasteiger partial charge in [0.25, 0.3) is 6.71 Å². The maximum Gasteiger partial charge on any atom is 0.252 e. The molecule has 0 spiro atoms. The Morgan fingerprint density at radius 2 is 0.878 bits per heavy atom. The molecule has 2 aliphatic rings. The number of anilines is 6. The Hall–Kier alpha value is -7.56. The van der Waals surface area contributed by atoms with Crippen LogP contribution in [0.5, 0.6) is 0 Å². The zero-order valence-corrected chi connectivity index (χ0v) is 45.3. The SMILES string of the molecule is CC(C)(C)c1ccc(-c2ccc(N3c4cc(C(C)(C)C)ccc4B4c5cc(C(C)(C)C)ccc5N(c5ccc(-c6cccc7c6oc6ccccc67)cc5)c5cc(C(C)(C)C)cc3c54)c(-c3ccccc3)c2)cc1. The highest BCUT2D eigenvalue weighted by Gasteiger charge is 2.45. The van der Waals surface area contributed by atoms with Crippen LogP contribution in [-0.4, -0.2) is 6.71 Å². The molecule has 3 heterocycles. The van der Waals surface area contributed by atoms with Crippen molar-refractivity contribution in [3.63, 3.8) is 0 Å².